The van der Waals surface area contributed by atoms with Crippen LogP contribution in [0.2, 0.25) is 0 Å². The molecular formula is C13H21N3O2S. The summed E-state index contributed by atoms with van der Waals surface area (Å²) >= 11 is 0. The van der Waals surface area contributed by atoms with Crippen molar-refractivity contribution >= 4 is 21.4 Å². The zero-order valence-corrected chi connectivity index (χ0v) is 11.9. The quantitative estimate of drug-likeness (QED) is 0.738. The topological polar surface area (TPSA) is 98.2 Å². The minimum absolute atomic E-state index is 0.0489. The van der Waals surface area contributed by atoms with Gasteiger partial charge in [0.1, 0.15) is 0 Å². The number of sulfonamides is 1. The largest absolute Gasteiger partial charge is 0.397 e. The van der Waals surface area contributed by atoms with Gasteiger partial charge in [0, 0.05) is 6.04 Å². The molecule has 0 heterocycles. The fourth-order valence-corrected chi connectivity index (χ4v) is 3.02. The van der Waals surface area contributed by atoms with Gasteiger partial charge in [-0.2, -0.15) is 0 Å². The zero-order valence-electron chi connectivity index (χ0n) is 11.1. The summed E-state index contributed by atoms with van der Waals surface area (Å²) in [5.41, 5.74) is 7.09. The maximum atomic E-state index is 11.2. The van der Waals surface area contributed by atoms with E-state index in [0.717, 1.165) is 24.4 Å². The third kappa shape index (κ3) is 3.61. The average molecular weight is 283 g/mol. The second-order valence-corrected chi connectivity index (χ2v) is 6.96. The second kappa shape index (κ2) is 5.38. The highest BCUT2D eigenvalue weighted by Gasteiger charge is 2.19. The minimum atomic E-state index is -3.69. The Hall–Kier alpha value is -1.27. The molecule has 5 nitrogen and oxygen atoms in total. The molecule has 0 atom stereocenters. The monoisotopic (exact) mass is 283 g/mol. The first kappa shape index (κ1) is 14.1. The number of anilines is 2. The van der Waals surface area contributed by atoms with Crippen LogP contribution in [0.15, 0.2) is 23.1 Å². The second-order valence-electron chi connectivity index (χ2n) is 5.40. The van der Waals surface area contributed by atoms with Crippen LogP contribution < -0.4 is 16.2 Å². The Bertz CT molecular complexity index is 549. The predicted molar refractivity (Wildman–Crippen MR) is 77.3 cm³/mol. The lowest BCUT2D eigenvalue weighted by molar-refractivity contribution is 0.361. The molecule has 0 bridgehead atoms. The van der Waals surface area contributed by atoms with Gasteiger partial charge in [-0.3, -0.25) is 0 Å². The van der Waals surface area contributed by atoms with E-state index in [1.54, 1.807) is 6.07 Å². The Morgan fingerprint density at radius 2 is 1.84 bits per heavy atom. The van der Waals surface area contributed by atoms with Crippen LogP contribution in [-0.2, 0) is 10.0 Å². The van der Waals surface area contributed by atoms with E-state index in [2.05, 4.69) is 12.2 Å². The first-order valence-corrected chi connectivity index (χ1v) is 8.10. The van der Waals surface area contributed by atoms with E-state index in [9.17, 15) is 8.42 Å². The van der Waals surface area contributed by atoms with Gasteiger partial charge >= 0.3 is 0 Å². The van der Waals surface area contributed by atoms with Crippen molar-refractivity contribution in [3.63, 3.8) is 0 Å². The highest BCUT2D eigenvalue weighted by molar-refractivity contribution is 7.89. The summed E-state index contributed by atoms with van der Waals surface area (Å²) < 4.78 is 22.4. The molecule has 1 saturated carbocycles. The van der Waals surface area contributed by atoms with Gasteiger partial charge in [-0.1, -0.05) is 6.92 Å². The maximum absolute atomic E-state index is 11.2. The van der Waals surface area contributed by atoms with Crippen molar-refractivity contribution in [3.05, 3.63) is 18.2 Å². The molecule has 1 aliphatic carbocycles. The normalized spacial score (nSPS) is 24.1. The van der Waals surface area contributed by atoms with Gasteiger partial charge in [0.05, 0.1) is 16.3 Å². The van der Waals surface area contributed by atoms with Crippen LogP contribution in [0.5, 0.6) is 0 Å². The van der Waals surface area contributed by atoms with E-state index in [0.29, 0.717) is 11.7 Å². The number of nitrogens with one attached hydrogen (secondary N) is 1. The fraction of sp³-hybridized carbons (Fsp3) is 0.538. The van der Waals surface area contributed by atoms with Gasteiger partial charge in [0.2, 0.25) is 10.0 Å². The Morgan fingerprint density at radius 3 is 2.37 bits per heavy atom. The molecule has 1 aromatic carbocycles. The molecular weight excluding hydrogens is 262 g/mol. The lowest BCUT2D eigenvalue weighted by Crippen LogP contribution is -2.25. The van der Waals surface area contributed by atoms with E-state index in [-0.39, 0.29) is 4.90 Å². The third-order valence-corrected chi connectivity index (χ3v) is 4.64. The summed E-state index contributed by atoms with van der Waals surface area (Å²) in [4.78, 5) is 0.0489. The van der Waals surface area contributed by atoms with Gasteiger partial charge in [-0.15, -0.1) is 0 Å². The molecule has 0 spiro atoms. The molecule has 106 valence electrons. The number of benzene rings is 1. The average Bonchev–Trinajstić information content (AvgIpc) is 2.33. The molecule has 6 heteroatoms. The Morgan fingerprint density at radius 1 is 1.21 bits per heavy atom. The van der Waals surface area contributed by atoms with Crippen LogP contribution in [0.4, 0.5) is 11.4 Å². The van der Waals surface area contributed by atoms with E-state index in [1.807, 2.05) is 0 Å². The highest BCUT2D eigenvalue weighted by Crippen LogP contribution is 2.29. The molecule has 0 amide bonds. The van der Waals surface area contributed by atoms with Gasteiger partial charge in [-0.25, -0.2) is 13.6 Å². The molecule has 19 heavy (non-hydrogen) atoms. The maximum Gasteiger partial charge on any atom is 0.238 e. The van der Waals surface area contributed by atoms with Crippen molar-refractivity contribution in [2.75, 3.05) is 11.1 Å². The molecule has 5 N–H and O–H groups in total. The van der Waals surface area contributed by atoms with Crippen LogP contribution >= 0.6 is 0 Å². The molecule has 0 aromatic heterocycles. The van der Waals surface area contributed by atoms with Crippen molar-refractivity contribution in [2.45, 2.75) is 43.5 Å². The summed E-state index contributed by atoms with van der Waals surface area (Å²) in [5.74, 6) is 0.792. The molecule has 0 saturated heterocycles. The number of rotatable bonds is 3. The van der Waals surface area contributed by atoms with Gasteiger partial charge in [0.15, 0.2) is 0 Å². The Balaban J connectivity index is 2.09. The van der Waals surface area contributed by atoms with Crippen molar-refractivity contribution < 1.29 is 8.42 Å². The summed E-state index contributed by atoms with van der Waals surface area (Å²) in [7, 11) is -3.69. The Kier molecular flexibility index (Phi) is 4.01. The smallest absolute Gasteiger partial charge is 0.238 e. The number of nitrogens with two attached hydrogens (primary N) is 2. The van der Waals surface area contributed by atoms with Gasteiger partial charge < -0.3 is 11.1 Å². The molecule has 0 aliphatic heterocycles. The number of hydrogen-bond donors (Lipinski definition) is 3. The molecule has 0 radical (unpaired) electrons. The van der Waals surface area contributed by atoms with Crippen molar-refractivity contribution in [1.29, 1.82) is 0 Å². The molecule has 2 rings (SSSR count). The van der Waals surface area contributed by atoms with Gasteiger partial charge in [0.25, 0.3) is 0 Å². The Labute approximate surface area is 114 Å². The van der Waals surface area contributed by atoms with Crippen LogP contribution in [0.3, 0.4) is 0 Å². The summed E-state index contributed by atoms with van der Waals surface area (Å²) in [5, 5.41) is 8.46. The summed E-state index contributed by atoms with van der Waals surface area (Å²) in [6.07, 6.45) is 4.68. The van der Waals surface area contributed by atoms with Crippen LogP contribution in [0.1, 0.15) is 32.6 Å². The van der Waals surface area contributed by atoms with E-state index in [1.165, 1.54) is 25.0 Å². The van der Waals surface area contributed by atoms with Crippen LogP contribution in [0.25, 0.3) is 0 Å². The molecule has 0 unspecified atom stereocenters. The van der Waals surface area contributed by atoms with E-state index >= 15 is 0 Å². The van der Waals surface area contributed by atoms with Crippen LogP contribution in [0, 0.1) is 5.92 Å². The third-order valence-electron chi connectivity index (χ3n) is 3.73. The predicted octanol–water partition coefficient (Wildman–Crippen LogP) is 1.91. The van der Waals surface area contributed by atoms with Crippen LogP contribution in [-0.4, -0.2) is 14.5 Å². The number of hydrogen-bond acceptors (Lipinski definition) is 4. The molecule has 1 aliphatic rings. The standard InChI is InChI=1S/C13H21N3O2S/c1-9-2-4-10(5-3-9)16-13-7-6-11(8-12(13)14)19(15,17)18/h6-10,16H,2-5,14H2,1H3,(H2,15,17,18). The van der Waals surface area contributed by atoms with Crippen molar-refractivity contribution in [3.8, 4) is 0 Å². The first-order valence-electron chi connectivity index (χ1n) is 6.55. The van der Waals surface area contributed by atoms with Crippen molar-refractivity contribution in [1.82, 2.24) is 0 Å². The summed E-state index contributed by atoms with van der Waals surface area (Å²) in [6.45, 7) is 2.27. The fourth-order valence-electron chi connectivity index (χ4n) is 2.47. The van der Waals surface area contributed by atoms with E-state index < -0.39 is 10.0 Å². The molecule has 1 aromatic rings. The number of primary sulfonamides is 1. The minimum Gasteiger partial charge on any atom is -0.397 e. The summed E-state index contributed by atoms with van der Waals surface area (Å²) in [6, 6.07) is 4.99. The van der Waals surface area contributed by atoms with Gasteiger partial charge in [-0.05, 0) is 49.8 Å². The zero-order chi connectivity index (χ0) is 14.0. The van der Waals surface area contributed by atoms with Crippen molar-refractivity contribution in [2.24, 2.45) is 11.1 Å². The SMILES string of the molecule is CC1CCC(Nc2ccc(S(N)(=O)=O)cc2N)CC1. The lowest BCUT2D eigenvalue weighted by atomic mass is 9.87. The molecule has 1 fully saturated rings. The first-order chi connectivity index (χ1) is 8.86. The van der Waals surface area contributed by atoms with E-state index in [4.69, 9.17) is 10.9 Å². The lowest BCUT2D eigenvalue weighted by Gasteiger charge is -2.28. The highest BCUT2D eigenvalue weighted by atomic mass is 32.2. The number of nitrogen functional groups attached to an aromatic ring is 1.